The Morgan fingerprint density at radius 1 is 1.73 bits per heavy atom. The van der Waals surface area contributed by atoms with Gasteiger partial charge in [0.25, 0.3) is 0 Å². The third-order valence-corrected chi connectivity index (χ3v) is 1.48. The summed E-state index contributed by atoms with van der Waals surface area (Å²) in [5.74, 6) is 0. The molecule has 1 aromatic heterocycles. The predicted molar refractivity (Wildman–Crippen MR) is 48.8 cm³/mol. The molecule has 3 heteroatoms. The summed E-state index contributed by atoms with van der Waals surface area (Å²) < 4.78 is 68.4. The summed E-state index contributed by atoms with van der Waals surface area (Å²) in [7, 11) is 0. The molecule has 0 aromatic carbocycles. The molecule has 0 unspecified atom stereocenters. The lowest BCUT2D eigenvalue weighted by Gasteiger charge is -2.33. The topological polar surface area (TPSA) is 16.1 Å². The molecule has 0 amide bonds. The molecule has 0 radical (unpaired) electrons. The van der Waals surface area contributed by atoms with Crippen LogP contribution in [0.2, 0.25) is 0 Å². The zero-order valence-electron chi connectivity index (χ0n) is 14.3. The van der Waals surface area contributed by atoms with Gasteiger partial charge >= 0.3 is 0 Å². The van der Waals surface area contributed by atoms with Crippen molar-refractivity contribution in [1.82, 2.24) is 4.98 Å². The second kappa shape index (κ2) is 2.81. The van der Waals surface area contributed by atoms with Crippen molar-refractivity contribution >= 4 is 21.6 Å². The van der Waals surface area contributed by atoms with E-state index in [4.69, 9.17) is 12.3 Å². The molecule has 11 heavy (non-hydrogen) atoms. The van der Waals surface area contributed by atoms with Gasteiger partial charge < -0.3 is 4.90 Å². The van der Waals surface area contributed by atoms with Crippen LogP contribution in [0.4, 0.5) is 5.69 Å². The fraction of sp³-hybridized carbons (Fsp3) is 0.375. The molecular formula is C8H9BrN2. The maximum absolute atomic E-state index is 7.77. The summed E-state index contributed by atoms with van der Waals surface area (Å²) in [6.07, 6.45) is -3.36. The first kappa shape index (κ1) is 2.22. The van der Waals surface area contributed by atoms with E-state index in [0.29, 0.717) is 4.90 Å². The second-order valence-electron chi connectivity index (χ2n) is 1.80. The number of anilines is 1. The zero-order chi connectivity index (χ0) is 15.7. The normalized spacial score (nSPS) is 41.9. The van der Waals surface area contributed by atoms with Gasteiger partial charge in [0, 0.05) is 33.1 Å². The van der Waals surface area contributed by atoms with Gasteiger partial charge in [-0.3, -0.25) is 0 Å². The predicted octanol–water partition coefficient (Wildman–Crippen LogP) is 2.05. The van der Waals surface area contributed by atoms with Crippen molar-refractivity contribution in [1.29, 1.82) is 0 Å². The van der Waals surface area contributed by atoms with Gasteiger partial charge in [0.2, 0.25) is 0 Å². The van der Waals surface area contributed by atoms with E-state index in [0.717, 1.165) is 0 Å². The molecule has 1 aliphatic rings. The zero-order valence-corrected chi connectivity index (χ0v) is 6.86. The molecule has 0 spiro atoms. The van der Waals surface area contributed by atoms with Crippen LogP contribution in [0.1, 0.15) is 18.7 Å². The Morgan fingerprint density at radius 3 is 3.36 bits per heavy atom. The van der Waals surface area contributed by atoms with E-state index in [-0.39, 0.29) is 4.60 Å². The Hall–Kier alpha value is -0.570. The molecule has 1 fully saturated rings. The highest BCUT2D eigenvalue weighted by molar-refractivity contribution is 9.10. The summed E-state index contributed by atoms with van der Waals surface area (Å²) >= 11 is 2.89. The Balaban J connectivity index is 2.71. The van der Waals surface area contributed by atoms with E-state index >= 15 is 0 Å². The fourth-order valence-corrected chi connectivity index (χ4v) is 0.899. The van der Waals surface area contributed by atoms with E-state index in [2.05, 4.69) is 20.9 Å². The number of hydrogen-bond donors (Lipinski definition) is 0. The summed E-state index contributed by atoms with van der Waals surface area (Å²) in [5, 5.41) is 0. The number of hydrogen-bond acceptors (Lipinski definition) is 2. The van der Waals surface area contributed by atoms with E-state index in [1.807, 2.05) is 0 Å². The first-order valence-corrected chi connectivity index (χ1v) is 3.60. The summed E-state index contributed by atoms with van der Waals surface area (Å²) in [5.41, 5.74) is -0.498. The van der Waals surface area contributed by atoms with Crippen molar-refractivity contribution in [3.8, 4) is 0 Å². The van der Waals surface area contributed by atoms with Crippen LogP contribution in [-0.4, -0.2) is 18.0 Å². The average Bonchev–Trinajstić information content (AvgIpc) is 2.30. The van der Waals surface area contributed by atoms with Gasteiger partial charge in [0.05, 0.1) is 4.11 Å². The van der Waals surface area contributed by atoms with Gasteiger partial charge in [-0.15, -0.1) is 0 Å². The van der Waals surface area contributed by atoms with Crippen LogP contribution in [-0.2, 0) is 0 Å². The Bertz CT molecular complexity index is 544. The number of nitrogens with zero attached hydrogens (tertiary/aromatic N) is 2. The lowest BCUT2D eigenvalue weighted by Crippen LogP contribution is -2.36. The maximum Gasteiger partial charge on any atom is 0.108 e. The molecule has 2 heterocycles. The van der Waals surface area contributed by atoms with Crippen molar-refractivity contribution in [3.63, 3.8) is 0 Å². The molecule has 2 rings (SSSR count). The summed E-state index contributed by atoms with van der Waals surface area (Å²) in [6.45, 7) is -5.48. The van der Waals surface area contributed by atoms with Crippen LogP contribution >= 0.6 is 15.9 Å². The lowest BCUT2D eigenvalue weighted by atomic mass is 10.2. The minimum Gasteiger partial charge on any atom is -0.371 e. The quantitative estimate of drug-likeness (QED) is 0.676. The minimum absolute atomic E-state index is 0.132. The minimum atomic E-state index is -2.81. The van der Waals surface area contributed by atoms with Gasteiger partial charge in [-0.05, 0) is 34.4 Å². The summed E-state index contributed by atoms with van der Waals surface area (Å²) in [4.78, 5) is 3.93. The van der Waals surface area contributed by atoms with Gasteiger partial charge in [-0.1, -0.05) is 0 Å². The molecule has 58 valence electrons. The highest BCUT2D eigenvalue weighted by atomic mass is 79.9. The van der Waals surface area contributed by atoms with Crippen molar-refractivity contribution in [2.45, 2.75) is 6.37 Å². The molecule has 0 N–H and O–H groups in total. The molecular weight excluding hydrogens is 204 g/mol. The highest BCUT2D eigenvalue weighted by Crippen LogP contribution is 2.21. The first-order chi connectivity index (χ1) is 8.87. The SMILES string of the molecule is [2H]c1nc(Br)c([2H])c(N2C([2H])([2H])C([2H])([2H])C2([2H])[2H])c1[2H]. The molecule has 1 aliphatic heterocycles. The van der Waals surface area contributed by atoms with E-state index in [1.54, 1.807) is 0 Å². The molecule has 0 saturated carbocycles. The number of rotatable bonds is 1. The van der Waals surface area contributed by atoms with Crippen LogP contribution in [0, 0.1) is 0 Å². The number of aromatic nitrogens is 1. The lowest BCUT2D eigenvalue weighted by molar-refractivity contribution is 0.617. The molecule has 1 saturated heterocycles. The van der Waals surface area contributed by atoms with Gasteiger partial charge in [0.1, 0.15) is 4.60 Å². The number of halogens is 1. The van der Waals surface area contributed by atoms with Crippen LogP contribution in [0.3, 0.4) is 0 Å². The van der Waals surface area contributed by atoms with Crippen LogP contribution in [0.15, 0.2) is 22.9 Å². The third kappa shape index (κ3) is 1.38. The fourth-order valence-electron chi connectivity index (χ4n) is 0.622. The standard InChI is InChI=1S/C8H9BrN2/c9-8-6-7(2-3-10-8)11-4-1-5-11/h2-3,6H,1,4-5H2/i1D2,2D,3D,4D2,5D2,6D. The van der Waals surface area contributed by atoms with Gasteiger partial charge in [-0.25, -0.2) is 4.98 Å². The second-order valence-corrected chi connectivity index (χ2v) is 2.55. The maximum atomic E-state index is 7.77. The Labute approximate surface area is 87.0 Å². The van der Waals surface area contributed by atoms with Crippen molar-refractivity contribution in [2.75, 3.05) is 17.9 Å². The van der Waals surface area contributed by atoms with Crippen molar-refractivity contribution < 1.29 is 12.3 Å². The van der Waals surface area contributed by atoms with Crippen molar-refractivity contribution in [3.05, 3.63) is 22.9 Å². The van der Waals surface area contributed by atoms with E-state index in [9.17, 15) is 0 Å². The highest BCUT2D eigenvalue weighted by Gasteiger charge is 2.13. The summed E-state index contributed by atoms with van der Waals surface area (Å²) in [6, 6.07) is -1.09. The van der Waals surface area contributed by atoms with Crippen LogP contribution in [0.5, 0.6) is 0 Å². The van der Waals surface area contributed by atoms with Crippen LogP contribution < -0.4 is 4.90 Å². The average molecular weight is 222 g/mol. The molecule has 1 aromatic rings. The van der Waals surface area contributed by atoms with Gasteiger partial charge in [-0.2, -0.15) is 0 Å². The van der Waals surface area contributed by atoms with Gasteiger partial charge in [0.15, 0.2) is 0 Å². The molecule has 2 nitrogen and oxygen atoms in total. The molecule has 0 atom stereocenters. The van der Waals surface area contributed by atoms with E-state index < -0.39 is 43.3 Å². The largest absolute Gasteiger partial charge is 0.371 e. The van der Waals surface area contributed by atoms with Crippen molar-refractivity contribution in [2.24, 2.45) is 0 Å². The van der Waals surface area contributed by atoms with E-state index in [1.165, 1.54) is 0 Å². The number of pyridine rings is 1. The third-order valence-electron chi connectivity index (χ3n) is 1.11. The van der Waals surface area contributed by atoms with Crippen LogP contribution in [0.25, 0.3) is 0 Å². The smallest absolute Gasteiger partial charge is 0.108 e. The molecule has 0 aliphatic carbocycles. The molecule has 0 bridgehead atoms. The Kier molecular flexibility index (Phi) is 0.569. The monoisotopic (exact) mass is 221 g/mol. The Morgan fingerprint density at radius 2 is 2.55 bits per heavy atom. The first-order valence-electron chi connectivity index (χ1n) is 7.31.